The molecule has 1 heterocycles. The summed E-state index contributed by atoms with van der Waals surface area (Å²) in [6.07, 6.45) is 0.102. The Hall–Kier alpha value is -4.46. The number of carbonyl (C=O) groups excluding carboxylic acids is 3. The smallest absolute Gasteiger partial charge is 0.407 e. The van der Waals surface area contributed by atoms with Crippen LogP contribution in [-0.4, -0.2) is 47.4 Å². The Balaban J connectivity index is 1.69. The molecule has 1 saturated heterocycles. The molecule has 11 heteroatoms. The van der Waals surface area contributed by atoms with Crippen molar-refractivity contribution in [3.63, 3.8) is 0 Å². The number of benzene rings is 2. The number of nitrogens with one attached hydrogen (secondary N) is 2. The SMILES string of the molecule is CC(C)(C)OC(=O)N[C@@H]1CCN(c2ccc(NC(=O)C(=O)c3ccc(C#N)cc3)c([N+](=O)[O-])c2)C1. The Bertz CT molecular complexity index is 1200. The number of Topliss-reactive ketones (excluding diaryl/α,β-unsaturated/α-hetero) is 1. The number of nitro benzene ring substituents is 1. The average Bonchev–Trinajstić information content (AvgIpc) is 3.25. The molecule has 2 aromatic carbocycles. The number of nitro groups is 1. The van der Waals surface area contributed by atoms with Gasteiger partial charge in [-0.15, -0.1) is 0 Å². The van der Waals surface area contributed by atoms with Gasteiger partial charge in [0, 0.05) is 30.4 Å². The fourth-order valence-corrected chi connectivity index (χ4v) is 3.57. The lowest BCUT2D eigenvalue weighted by Crippen LogP contribution is -2.40. The molecule has 1 fully saturated rings. The van der Waals surface area contributed by atoms with Crippen molar-refractivity contribution >= 4 is 34.8 Å². The van der Waals surface area contributed by atoms with Gasteiger partial charge in [0.1, 0.15) is 11.3 Å². The van der Waals surface area contributed by atoms with E-state index < -0.39 is 28.3 Å². The van der Waals surface area contributed by atoms with E-state index in [9.17, 15) is 24.5 Å². The number of anilines is 2. The van der Waals surface area contributed by atoms with E-state index in [1.165, 1.54) is 36.4 Å². The molecule has 2 N–H and O–H groups in total. The van der Waals surface area contributed by atoms with Crippen molar-refractivity contribution in [1.82, 2.24) is 5.32 Å². The number of nitriles is 1. The molecule has 1 aliphatic heterocycles. The van der Waals surface area contributed by atoms with Crippen LogP contribution in [0.15, 0.2) is 42.5 Å². The third-order valence-corrected chi connectivity index (χ3v) is 5.18. The minimum Gasteiger partial charge on any atom is -0.444 e. The summed E-state index contributed by atoms with van der Waals surface area (Å²) in [4.78, 5) is 49.7. The molecule has 1 aliphatic rings. The second kappa shape index (κ2) is 10.2. The van der Waals surface area contributed by atoms with Crippen LogP contribution in [0.2, 0.25) is 0 Å². The van der Waals surface area contributed by atoms with Gasteiger partial charge in [-0.2, -0.15) is 5.26 Å². The average molecular weight is 479 g/mol. The van der Waals surface area contributed by atoms with Crippen LogP contribution in [-0.2, 0) is 9.53 Å². The van der Waals surface area contributed by atoms with E-state index in [1.54, 1.807) is 26.8 Å². The maximum absolute atomic E-state index is 12.4. The Labute approximate surface area is 201 Å². The summed E-state index contributed by atoms with van der Waals surface area (Å²) in [5.74, 6) is -1.92. The molecular weight excluding hydrogens is 454 g/mol. The number of hydrogen-bond acceptors (Lipinski definition) is 8. The van der Waals surface area contributed by atoms with E-state index >= 15 is 0 Å². The van der Waals surface area contributed by atoms with Crippen molar-refractivity contribution in [2.75, 3.05) is 23.3 Å². The van der Waals surface area contributed by atoms with Gasteiger partial charge in [-0.3, -0.25) is 19.7 Å². The summed E-state index contributed by atoms with van der Waals surface area (Å²) in [5.41, 5.74) is -0.174. The van der Waals surface area contributed by atoms with E-state index in [2.05, 4.69) is 10.6 Å². The molecule has 0 spiro atoms. The molecule has 182 valence electrons. The van der Waals surface area contributed by atoms with Crippen molar-refractivity contribution in [3.8, 4) is 6.07 Å². The first-order valence-corrected chi connectivity index (χ1v) is 10.9. The molecule has 0 saturated carbocycles. The van der Waals surface area contributed by atoms with Gasteiger partial charge in [0.2, 0.25) is 0 Å². The Kier molecular flexibility index (Phi) is 7.34. The largest absolute Gasteiger partial charge is 0.444 e. The van der Waals surface area contributed by atoms with Crippen LogP contribution in [0.4, 0.5) is 21.9 Å². The van der Waals surface area contributed by atoms with Crippen molar-refractivity contribution in [2.45, 2.75) is 38.8 Å². The molecular formula is C24H25N5O6. The van der Waals surface area contributed by atoms with Crippen LogP contribution in [0.3, 0.4) is 0 Å². The van der Waals surface area contributed by atoms with Crippen LogP contribution in [0.5, 0.6) is 0 Å². The Morgan fingerprint density at radius 2 is 1.86 bits per heavy atom. The highest BCUT2D eigenvalue weighted by atomic mass is 16.6. The minimum atomic E-state index is -1.03. The normalized spacial score (nSPS) is 15.1. The van der Waals surface area contributed by atoms with Crippen LogP contribution >= 0.6 is 0 Å². The lowest BCUT2D eigenvalue weighted by Gasteiger charge is -2.22. The number of alkyl carbamates (subject to hydrolysis) is 1. The van der Waals surface area contributed by atoms with E-state index in [1.807, 2.05) is 11.0 Å². The molecule has 1 atom stereocenters. The van der Waals surface area contributed by atoms with Crippen LogP contribution in [0, 0.1) is 21.4 Å². The van der Waals surface area contributed by atoms with Crippen molar-refractivity contribution in [3.05, 3.63) is 63.7 Å². The molecule has 11 nitrogen and oxygen atoms in total. The summed E-state index contributed by atoms with van der Waals surface area (Å²) in [6.45, 7) is 6.29. The molecule has 35 heavy (non-hydrogen) atoms. The van der Waals surface area contributed by atoms with E-state index in [4.69, 9.17) is 10.00 Å². The first kappa shape index (κ1) is 25.2. The van der Waals surface area contributed by atoms with E-state index in [0.29, 0.717) is 30.8 Å². The predicted octanol–water partition coefficient (Wildman–Crippen LogP) is 3.39. The molecule has 0 aromatic heterocycles. The second-order valence-corrected chi connectivity index (χ2v) is 9.01. The van der Waals surface area contributed by atoms with Gasteiger partial charge >= 0.3 is 6.09 Å². The van der Waals surface area contributed by atoms with Crippen molar-refractivity contribution in [2.24, 2.45) is 0 Å². The van der Waals surface area contributed by atoms with E-state index in [0.717, 1.165) is 0 Å². The first-order chi connectivity index (χ1) is 16.5. The zero-order valence-corrected chi connectivity index (χ0v) is 19.5. The standard InChI is InChI=1S/C24H25N5O6/c1-24(2,3)35-23(32)26-17-10-11-28(14-17)18-8-9-19(20(12-18)29(33)34)27-22(31)21(30)16-6-4-15(13-25)5-7-16/h4-9,12,17H,10-11,14H2,1-3H3,(H,26,32)(H,27,31)/t17-/m1/s1. The van der Waals surface area contributed by atoms with Crippen molar-refractivity contribution in [1.29, 1.82) is 5.26 Å². The maximum Gasteiger partial charge on any atom is 0.407 e. The second-order valence-electron chi connectivity index (χ2n) is 9.01. The summed E-state index contributed by atoms with van der Waals surface area (Å²) in [6, 6.07) is 11.5. The highest BCUT2D eigenvalue weighted by Gasteiger charge is 2.28. The molecule has 0 aliphatic carbocycles. The number of rotatable bonds is 6. The topological polar surface area (TPSA) is 155 Å². The lowest BCUT2D eigenvalue weighted by molar-refractivity contribution is -0.383. The van der Waals surface area contributed by atoms with Crippen molar-refractivity contribution < 1.29 is 24.0 Å². The number of hydrogen-bond donors (Lipinski definition) is 2. The molecule has 2 amide bonds. The Morgan fingerprint density at radius 3 is 2.46 bits per heavy atom. The number of carbonyl (C=O) groups is 3. The van der Waals surface area contributed by atoms with Gasteiger partial charge in [0.15, 0.2) is 0 Å². The summed E-state index contributed by atoms with van der Waals surface area (Å²) >= 11 is 0. The van der Waals surface area contributed by atoms with Crippen LogP contribution in [0.25, 0.3) is 0 Å². The van der Waals surface area contributed by atoms with Gasteiger partial charge < -0.3 is 20.3 Å². The highest BCUT2D eigenvalue weighted by Crippen LogP contribution is 2.31. The zero-order valence-electron chi connectivity index (χ0n) is 19.5. The number of nitrogens with zero attached hydrogens (tertiary/aromatic N) is 3. The lowest BCUT2D eigenvalue weighted by atomic mass is 10.1. The molecule has 0 unspecified atom stereocenters. The highest BCUT2D eigenvalue weighted by molar-refractivity contribution is 6.46. The zero-order chi connectivity index (χ0) is 25.8. The number of ether oxygens (including phenoxy) is 1. The molecule has 3 rings (SSSR count). The summed E-state index contributed by atoms with van der Waals surface area (Å²) < 4.78 is 5.27. The predicted molar refractivity (Wildman–Crippen MR) is 127 cm³/mol. The number of ketones is 1. The summed E-state index contributed by atoms with van der Waals surface area (Å²) in [7, 11) is 0. The third-order valence-electron chi connectivity index (χ3n) is 5.18. The van der Waals surface area contributed by atoms with Crippen LogP contribution < -0.4 is 15.5 Å². The third kappa shape index (κ3) is 6.54. The first-order valence-electron chi connectivity index (χ1n) is 10.9. The molecule has 2 aromatic rings. The number of amides is 2. The maximum atomic E-state index is 12.4. The Morgan fingerprint density at radius 1 is 1.17 bits per heavy atom. The van der Waals surface area contributed by atoms with Gasteiger partial charge in [-0.1, -0.05) is 0 Å². The monoisotopic (exact) mass is 479 g/mol. The molecule has 0 bridgehead atoms. The van der Waals surface area contributed by atoms with Crippen LogP contribution in [0.1, 0.15) is 43.1 Å². The fourth-order valence-electron chi connectivity index (χ4n) is 3.57. The fraction of sp³-hybridized carbons (Fsp3) is 0.333. The van der Waals surface area contributed by atoms with Gasteiger partial charge in [0.05, 0.1) is 22.6 Å². The van der Waals surface area contributed by atoms with Gasteiger partial charge in [-0.05, 0) is 63.6 Å². The molecule has 0 radical (unpaired) electrons. The van der Waals surface area contributed by atoms with Gasteiger partial charge in [-0.25, -0.2) is 4.79 Å². The summed E-state index contributed by atoms with van der Waals surface area (Å²) in [5, 5.41) is 25.6. The van der Waals surface area contributed by atoms with Gasteiger partial charge in [0.25, 0.3) is 17.4 Å². The van der Waals surface area contributed by atoms with E-state index in [-0.39, 0.29) is 23.0 Å². The minimum absolute atomic E-state index is 0.0568. The quantitative estimate of drug-likeness (QED) is 0.276.